The van der Waals surface area contributed by atoms with Gasteiger partial charge >= 0.3 is 0 Å². The molecule has 0 spiro atoms. The Hall–Kier alpha value is -7.62. The van der Waals surface area contributed by atoms with Gasteiger partial charge in [0.05, 0.1) is 5.39 Å². The first kappa shape index (κ1) is 32.8. The second-order valence-electron chi connectivity index (χ2n) is 14.5. The van der Waals surface area contributed by atoms with E-state index in [9.17, 15) is 0 Å². The quantitative estimate of drug-likeness (QED) is 0.160. The number of hydrogen-bond acceptors (Lipinski definition) is 3. The van der Waals surface area contributed by atoms with Gasteiger partial charge in [0.2, 0.25) is 0 Å². The van der Waals surface area contributed by atoms with Gasteiger partial charge in [-0.15, -0.1) is 0 Å². The molecule has 0 N–H and O–H groups in total. The van der Waals surface area contributed by atoms with Crippen LogP contribution in [-0.4, -0.2) is 9.97 Å². The Bertz CT molecular complexity index is 3220. The van der Waals surface area contributed by atoms with Crippen molar-refractivity contribution in [3.63, 3.8) is 0 Å². The van der Waals surface area contributed by atoms with Gasteiger partial charge in [-0.25, -0.2) is 9.97 Å². The summed E-state index contributed by atoms with van der Waals surface area (Å²) in [6, 6.07) is 72.9. The molecule has 0 aliphatic carbocycles. The number of nitrogens with zero attached hydrogens (tertiary/aromatic N) is 2. The molecule has 0 bridgehead atoms. The van der Waals surface area contributed by atoms with Crippen molar-refractivity contribution in [2.24, 2.45) is 0 Å². The van der Waals surface area contributed by atoms with Crippen LogP contribution < -0.4 is 0 Å². The molecule has 266 valence electrons. The summed E-state index contributed by atoms with van der Waals surface area (Å²) in [6.45, 7) is 0. The molecule has 0 atom stereocenters. The lowest BCUT2D eigenvalue weighted by Gasteiger charge is -2.13. The number of fused-ring (bicyclic) bond motifs is 8. The fourth-order valence-corrected chi connectivity index (χ4v) is 8.29. The normalized spacial score (nSPS) is 11.5. The molecule has 11 aromatic rings. The van der Waals surface area contributed by atoms with Crippen LogP contribution in [0.25, 0.3) is 111 Å². The molecule has 3 nitrogen and oxygen atoms in total. The highest BCUT2D eigenvalue weighted by molar-refractivity contribution is 6.30. The van der Waals surface area contributed by atoms with Crippen molar-refractivity contribution in [1.82, 2.24) is 9.97 Å². The van der Waals surface area contributed by atoms with Crippen LogP contribution in [0.5, 0.6) is 0 Å². The number of rotatable bonds is 6. The largest absolute Gasteiger partial charge is 0.451 e. The number of furan rings is 1. The van der Waals surface area contributed by atoms with Crippen LogP contribution >= 0.6 is 0 Å². The second-order valence-corrected chi connectivity index (χ2v) is 14.5. The molecule has 2 aromatic heterocycles. The van der Waals surface area contributed by atoms with E-state index in [-0.39, 0.29) is 0 Å². The molecular weight excluding hydrogens is 693 g/mol. The monoisotopic (exact) mass is 726 g/mol. The summed E-state index contributed by atoms with van der Waals surface area (Å²) in [7, 11) is 0. The van der Waals surface area contributed by atoms with Crippen molar-refractivity contribution in [2.45, 2.75) is 0 Å². The van der Waals surface area contributed by atoms with Gasteiger partial charge < -0.3 is 4.42 Å². The molecule has 57 heavy (non-hydrogen) atoms. The third-order valence-electron chi connectivity index (χ3n) is 11.0. The third kappa shape index (κ3) is 5.76. The summed E-state index contributed by atoms with van der Waals surface area (Å²) in [6.07, 6.45) is 0. The number of aromatic nitrogens is 2. The molecule has 0 saturated heterocycles. The SMILES string of the molecule is c1ccc(-c2cc(-c3ccccc3)cc(-c3cccc(-c4cccc(-c5nc(-c6ccccc6)nc6c5oc5c7ccccc7c7ccccc7c65)c4)c3)c2)cc1. The third-order valence-corrected chi connectivity index (χ3v) is 11.0. The fourth-order valence-electron chi connectivity index (χ4n) is 8.29. The first-order valence-corrected chi connectivity index (χ1v) is 19.3. The Balaban J connectivity index is 1.09. The second kappa shape index (κ2) is 13.6. The van der Waals surface area contributed by atoms with E-state index in [1.165, 1.54) is 33.2 Å². The van der Waals surface area contributed by atoms with E-state index in [1.807, 2.05) is 18.2 Å². The van der Waals surface area contributed by atoms with Crippen LogP contribution in [0, 0.1) is 0 Å². The zero-order valence-electron chi connectivity index (χ0n) is 30.9. The van der Waals surface area contributed by atoms with Crippen molar-refractivity contribution in [3.8, 4) is 67.2 Å². The molecule has 0 fully saturated rings. The Labute approximate surface area is 330 Å². The van der Waals surface area contributed by atoms with Crippen LogP contribution in [0.15, 0.2) is 211 Å². The lowest BCUT2D eigenvalue weighted by Crippen LogP contribution is -1.94. The molecule has 11 rings (SSSR count). The summed E-state index contributed by atoms with van der Waals surface area (Å²) in [5.74, 6) is 0.665. The average Bonchev–Trinajstić information content (AvgIpc) is 3.70. The highest BCUT2D eigenvalue weighted by atomic mass is 16.3. The number of hydrogen-bond donors (Lipinski definition) is 0. The highest BCUT2D eigenvalue weighted by Gasteiger charge is 2.22. The first-order valence-electron chi connectivity index (χ1n) is 19.3. The van der Waals surface area contributed by atoms with E-state index in [2.05, 4.69) is 188 Å². The van der Waals surface area contributed by atoms with Gasteiger partial charge in [0.1, 0.15) is 16.8 Å². The standard InChI is InChI=1S/C54H34N2O/c1-4-16-35(17-5-1)42-32-43(36-18-6-2-7-19-36)34-44(33-42)40-24-14-22-38(30-40)39-23-15-25-41(31-39)50-53-51(56-54(55-50)37-20-8-3-9-21-37)49-47-28-12-10-26-45(47)46-27-11-13-29-48(46)52(49)57-53/h1-34H. The minimum absolute atomic E-state index is 0.665. The molecular formula is C54H34N2O. The van der Waals surface area contributed by atoms with Crippen LogP contribution in [-0.2, 0) is 0 Å². The van der Waals surface area contributed by atoms with E-state index < -0.39 is 0 Å². The maximum absolute atomic E-state index is 6.94. The molecule has 0 aliphatic heterocycles. The summed E-state index contributed by atoms with van der Waals surface area (Å²) >= 11 is 0. The van der Waals surface area contributed by atoms with Crippen LogP contribution in [0.1, 0.15) is 0 Å². The van der Waals surface area contributed by atoms with Crippen molar-refractivity contribution < 1.29 is 4.42 Å². The van der Waals surface area contributed by atoms with Crippen molar-refractivity contribution in [1.29, 1.82) is 0 Å². The van der Waals surface area contributed by atoms with Gasteiger partial charge in [-0.05, 0) is 91.0 Å². The van der Waals surface area contributed by atoms with E-state index in [0.717, 1.165) is 66.2 Å². The van der Waals surface area contributed by atoms with Crippen LogP contribution in [0.4, 0.5) is 0 Å². The van der Waals surface area contributed by atoms with E-state index in [4.69, 9.17) is 14.4 Å². The zero-order valence-corrected chi connectivity index (χ0v) is 30.9. The van der Waals surface area contributed by atoms with Gasteiger partial charge in [-0.1, -0.05) is 176 Å². The highest BCUT2D eigenvalue weighted by Crippen LogP contribution is 2.43. The van der Waals surface area contributed by atoms with Gasteiger partial charge in [-0.2, -0.15) is 0 Å². The van der Waals surface area contributed by atoms with Gasteiger partial charge in [-0.3, -0.25) is 0 Å². The molecule has 0 amide bonds. The maximum Gasteiger partial charge on any atom is 0.180 e. The van der Waals surface area contributed by atoms with Crippen molar-refractivity contribution >= 4 is 43.6 Å². The Morgan fingerprint density at radius 2 is 0.684 bits per heavy atom. The summed E-state index contributed by atoms with van der Waals surface area (Å²) in [5, 5.41) is 5.53. The predicted molar refractivity (Wildman–Crippen MR) is 237 cm³/mol. The predicted octanol–water partition coefficient (Wildman–Crippen LogP) is 14.7. The first-order chi connectivity index (χ1) is 28.2. The van der Waals surface area contributed by atoms with E-state index in [1.54, 1.807) is 0 Å². The van der Waals surface area contributed by atoms with Gasteiger partial charge in [0.15, 0.2) is 11.4 Å². The van der Waals surface area contributed by atoms with Crippen LogP contribution in [0.3, 0.4) is 0 Å². The number of benzene rings is 9. The molecule has 3 heteroatoms. The summed E-state index contributed by atoms with van der Waals surface area (Å²) in [5.41, 5.74) is 14.3. The summed E-state index contributed by atoms with van der Waals surface area (Å²) < 4.78 is 6.94. The van der Waals surface area contributed by atoms with Gasteiger partial charge in [0.25, 0.3) is 0 Å². The average molecular weight is 727 g/mol. The molecule has 2 heterocycles. The van der Waals surface area contributed by atoms with E-state index >= 15 is 0 Å². The van der Waals surface area contributed by atoms with Crippen molar-refractivity contribution in [3.05, 3.63) is 206 Å². The van der Waals surface area contributed by atoms with Crippen molar-refractivity contribution in [2.75, 3.05) is 0 Å². The van der Waals surface area contributed by atoms with Crippen LogP contribution in [0.2, 0.25) is 0 Å². The smallest absolute Gasteiger partial charge is 0.180 e. The minimum atomic E-state index is 0.665. The Morgan fingerprint density at radius 3 is 1.28 bits per heavy atom. The molecule has 0 aliphatic rings. The lowest BCUT2D eigenvalue weighted by molar-refractivity contribution is 0.671. The Morgan fingerprint density at radius 1 is 0.281 bits per heavy atom. The molecule has 0 radical (unpaired) electrons. The topological polar surface area (TPSA) is 38.9 Å². The van der Waals surface area contributed by atoms with Gasteiger partial charge in [0, 0.05) is 16.5 Å². The fraction of sp³-hybridized carbons (Fsp3) is 0. The zero-order chi connectivity index (χ0) is 37.7. The molecule has 9 aromatic carbocycles. The molecule has 0 saturated carbocycles. The molecule has 0 unspecified atom stereocenters. The van der Waals surface area contributed by atoms with E-state index in [0.29, 0.717) is 11.4 Å². The maximum atomic E-state index is 6.94. The Kier molecular flexibility index (Phi) is 7.82. The lowest BCUT2D eigenvalue weighted by atomic mass is 9.92. The minimum Gasteiger partial charge on any atom is -0.451 e. The summed E-state index contributed by atoms with van der Waals surface area (Å²) in [4.78, 5) is 10.5.